The topological polar surface area (TPSA) is 52.6 Å². The Morgan fingerprint density at radius 1 is 1.29 bits per heavy atom. The van der Waals surface area contributed by atoms with Gasteiger partial charge in [0.25, 0.3) is 0 Å². The zero-order valence-corrected chi connectivity index (χ0v) is 14.2. The van der Waals surface area contributed by atoms with Crippen LogP contribution in [0.25, 0.3) is 0 Å². The fraction of sp³-hybridized carbons (Fsp3) is 0.350. The van der Waals surface area contributed by atoms with Crippen molar-refractivity contribution < 1.29 is 9.90 Å². The maximum atomic E-state index is 12.1. The lowest BCUT2D eigenvalue weighted by Gasteiger charge is -2.15. The number of anilines is 1. The van der Waals surface area contributed by atoms with E-state index in [0.29, 0.717) is 6.42 Å². The lowest BCUT2D eigenvalue weighted by atomic mass is 10.0. The van der Waals surface area contributed by atoms with Gasteiger partial charge in [0, 0.05) is 25.8 Å². The Morgan fingerprint density at radius 2 is 2.12 bits per heavy atom. The van der Waals surface area contributed by atoms with Crippen LogP contribution in [0.1, 0.15) is 28.4 Å². The summed E-state index contributed by atoms with van der Waals surface area (Å²) in [5.41, 5.74) is 5.49. The molecule has 4 heteroatoms. The highest BCUT2D eigenvalue weighted by molar-refractivity contribution is 5.78. The van der Waals surface area contributed by atoms with Gasteiger partial charge in [0.1, 0.15) is 0 Å². The molecule has 0 radical (unpaired) electrons. The summed E-state index contributed by atoms with van der Waals surface area (Å²) in [6.45, 7) is 3.26. The average molecular weight is 324 g/mol. The Morgan fingerprint density at radius 3 is 2.92 bits per heavy atom. The first-order valence-corrected chi connectivity index (χ1v) is 8.37. The van der Waals surface area contributed by atoms with E-state index in [0.717, 1.165) is 29.7 Å². The molecule has 1 aliphatic rings. The van der Waals surface area contributed by atoms with Crippen molar-refractivity contribution in [2.24, 2.45) is 0 Å². The van der Waals surface area contributed by atoms with Gasteiger partial charge in [0.2, 0.25) is 5.91 Å². The van der Waals surface area contributed by atoms with Crippen molar-refractivity contribution >= 4 is 11.6 Å². The first-order chi connectivity index (χ1) is 11.5. The number of aryl methyl sites for hydroxylation is 1. The lowest BCUT2D eigenvalue weighted by molar-refractivity contribution is -0.120. The molecule has 3 rings (SSSR count). The Balaban J connectivity index is 1.55. The van der Waals surface area contributed by atoms with Gasteiger partial charge < -0.3 is 15.3 Å². The van der Waals surface area contributed by atoms with Crippen molar-refractivity contribution in [3.63, 3.8) is 0 Å². The minimum atomic E-state index is -0.678. The SMILES string of the molecule is Cc1cccc(CC(=O)NCC(O)c2ccc3c(c2)CCN3C)c1. The van der Waals surface area contributed by atoms with Gasteiger partial charge in [-0.3, -0.25) is 4.79 Å². The third-order valence-corrected chi connectivity index (χ3v) is 4.56. The van der Waals surface area contributed by atoms with E-state index < -0.39 is 6.10 Å². The van der Waals surface area contributed by atoms with Crippen molar-refractivity contribution in [2.45, 2.75) is 25.9 Å². The van der Waals surface area contributed by atoms with Gasteiger partial charge in [-0.05, 0) is 36.1 Å². The van der Waals surface area contributed by atoms with Crippen LogP contribution in [0.3, 0.4) is 0 Å². The number of amides is 1. The quantitative estimate of drug-likeness (QED) is 0.888. The Labute approximate surface area is 143 Å². The van der Waals surface area contributed by atoms with Crippen molar-refractivity contribution in [3.8, 4) is 0 Å². The van der Waals surface area contributed by atoms with E-state index in [1.54, 1.807) is 0 Å². The van der Waals surface area contributed by atoms with Crippen molar-refractivity contribution in [1.82, 2.24) is 5.32 Å². The van der Waals surface area contributed by atoms with Crippen LogP contribution in [-0.2, 0) is 17.6 Å². The van der Waals surface area contributed by atoms with Gasteiger partial charge in [-0.2, -0.15) is 0 Å². The minimum absolute atomic E-state index is 0.0689. The largest absolute Gasteiger partial charge is 0.387 e. The summed E-state index contributed by atoms with van der Waals surface area (Å²) in [6.07, 6.45) is 0.665. The highest BCUT2D eigenvalue weighted by Crippen LogP contribution is 2.29. The van der Waals surface area contributed by atoms with Gasteiger partial charge >= 0.3 is 0 Å². The molecule has 1 aliphatic heterocycles. The van der Waals surface area contributed by atoms with Gasteiger partial charge in [0.05, 0.1) is 12.5 Å². The highest BCUT2D eigenvalue weighted by Gasteiger charge is 2.18. The van der Waals surface area contributed by atoms with Crippen LogP contribution in [0.5, 0.6) is 0 Å². The highest BCUT2D eigenvalue weighted by atomic mass is 16.3. The van der Waals surface area contributed by atoms with Crippen LogP contribution in [0.2, 0.25) is 0 Å². The second kappa shape index (κ2) is 7.05. The number of aliphatic hydroxyl groups excluding tert-OH is 1. The minimum Gasteiger partial charge on any atom is -0.387 e. The summed E-state index contributed by atoms with van der Waals surface area (Å²) in [6, 6.07) is 14.0. The van der Waals surface area contributed by atoms with Gasteiger partial charge in [-0.1, -0.05) is 42.0 Å². The van der Waals surface area contributed by atoms with Crippen LogP contribution < -0.4 is 10.2 Å². The summed E-state index contributed by atoms with van der Waals surface area (Å²) in [4.78, 5) is 14.3. The first kappa shape index (κ1) is 16.5. The van der Waals surface area contributed by atoms with E-state index in [4.69, 9.17) is 0 Å². The van der Waals surface area contributed by atoms with Gasteiger partial charge in [-0.15, -0.1) is 0 Å². The maximum absolute atomic E-state index is 12.1. The van der Waals surface area contributed by atoms with Crippen molar-refractivity contribution in [3.05, 3.63) is 64.7 Å². The van der Waals surface area contributed by atoms with Crippen LogP contribution >= 0.6 is 0 Å². The standard InChI is InChI=1S/C20H24N2O2/c1-14-4-3-5-15(10-14)11-20(24)21-13-19(23)17-6-7-18-16(12-17)8-9-22(18)2/h3-7,10,12,19,23H,8-9,11,13H2,1-2H3,(H,21,24). The molecule has 0 aliphatic carbocycles. The monoisotopic (exact) mass is 324 g/mol. The molecule has 2 aromatic carbocycles. The molecule has 1 amide bonds. The van der Waals surface area contributed by atoms with E-state index in [1.165, 1.54) is 11.3 Å². The number of carbonyl (C=O) groups is 1. The second-order valence-corrected chi connectivity index (χ2v) is 6.55. The van der Waals surface area contributed by atoms with E-state index in [1.807, 2.05) is 37.3 Å². The number of benzene rings is 2. The molecule has 2 N–H and O–H groups in total. The molecule has 2 aromatic rings. The second-order valence-electron chi connectivity index (χ2n) is 6.55. The molecule has 1 atom stereocenters. The zero-order chi connectivity index (χ0) is 17.1. The van der Waals surface area contributed by atoms with Crippen molar-refractivity contribution in [2.75, 3.05) is 25.0 Å². The molecule has 1 heterocycles. The molecular formula is C20H24N2O2. The van der Waals surface area contributed by atoms with E-state index in [-0.39, 0.29) is 12.5 Å². The molecule has 0 spiro atoms. The van der Waals surface area contributed by atoms with Crippen LogP contribution in [0.4, 0.5) is 5.69 Å². The molecule has 126 valence electrons. The summed E-state index contributed by atoms with van der Waals surface area (Å²) in [5.74, 6) is -0.0689. The van der Waals surface area contributed by atoms with Crippen LogP contribution in [0.15, 0.2) is 42.5 Å². The molecule has 0 aromatic heterocycles. The average Bonchev–Trinajstić information content (AvgIpc) is 2.93. The first-order valence-electron chi connectivity index (χ1n) is 8.37. The van der Waals surface area contributed by atoms with Crippen molar-refractivity contribution in [1.29, 1.82) is 0 Å². The number of fused-ring (bicyclic) bond motifs is 1. The predicted octanol–water partition coefficient (Wildman–Crippen LogP) is 2.38. The summed E-state index contributed by atoms with van der Waals surface area (Å²) in [5, 5.41) is 13.2. The Bertz CT molecular complexity index is 742. The number of hydrogen-bond donors (Lipinski definition) is 2. The van der Waals surface area contributed by atoms with E-state index in [9.17, 15) is 9.90 Å². The Hall–Kier alpha value is -2.33. The third kappa shape index (κ3) is 3.77. The number of carbonyl (C=O) groups excluding carboxylic acids is 1. The van der Waals surface area contributed by atoms with Crippen LogP contribution in [0, 0.1) is 6.92 Å². The number of nitrogens with zero attached hydrogens (tertiary/aromatic N) is 1. The van der Waals surface area contributed by atoms with E-state index in [2.05, 4.69) is 29.4 Å². The summed E-state index contributed by atoms with van der Waals surface area (Å²) < 4.78 is 0. The molecule has 4 nitrogen and oxygen atoms in total. The lowest BCUT2D eigenvalue weighted by Crippen LogP contribution is -2.29. The van der Waals surface area contributed by atoms with Crippen LogP contribution in [-0.4, -0.2) is 31.2 Å². The number of likely N-dealkylation sites (N-methyl/N-ethyl adjacent to an activating group) is 1. The summed E-state index contributed by atoms with van der Waals surface area (Å²) in [7, 11) is 2.08. The molecule has 0 bridgehead atoms. The zero-order valence-electron chi connectivity index (χ0n) is 14.2. The molecule has 0 saturated heterocycles. The number of nitrogens with one attached hydrogen (secondary N) is 1. The predicted molar refractivity (Wildman–Crippen MR) is 96.3 cm³/mol. The maximum Gasteiger partial charge on any atom is 0.224 e. The fourth-order valence-corrected chi connectivity index (χ4v) is 3.19. The van der Waals surface area contributed by atoms with Gasteiger partial charge in [-0.25, -0.2) is 0 Å². The normalized spacial score (nSPS) is 14.4. The van der Waals surface area contributed by atoms with Gasteiger partial charge in [0.15, 0.2) is 0 Å². The molecule has 24 heavy (non-hydrogen) atoms. The number of rotatable bonds is 5. The molecule has 0 saturated carbocycles. The fourth-order valence-electron chi connectivity index (χ4n) is 3.19. The number of aliphatic hydroxyl groups is 1. The smallest absolute Gasteiger partial charge is 0.224 e. The van der Waals surface area contributed by atoms with E-state index >= 15 is 0 Å². The third-order valence-electron chi connectivity index (χ3n) is 4.56. The molecule has 1 unspecified atom stereocenters. The Kier molecular flexibility index (Phi) is 4.86. The summed E-state index contributed by atoms with van der Waals surface area (Å²) >= 11 is 0. The molecular weight excluding hydrogens is 300 g/mol. The number of hydrogen-bond acceptors (Lipinski definition) is 3. The molecule has 0 fully saturated rings.